The molecule has 1 aliphatic heterocycles. The highest BCUT2D eigenvalue weighted by Crippen LogP contribution is 2.26. The quantitative estimate of drug-likeness (QED) is 0.483. The van der Waals surface area contributed by atoms with Crippen LogP contribution in [0.5, 0.6) is 5.75 Å². The van der Waals surface area contributed by atoms with Crippen molar-refractivity contribution < 1.29 is 22.7 Å². The molecule has 1 aromatic heterocycles. The number of carbonyl (C=O) groups is 2. The van der Waals surface area contributed by atoms with Crippen molar-refractivity contribution in [2.75, 3.05) is 25.5 Å². The zero-order valence-electron chi connectivity index (χ0n) is 19.9. The number of nitrogens with one attached hydrogen (secondary N) is 2. The first-order valence-electron chi connectivity index (χ1n) is 11.6. The lowest BCUT2D eigenvalue weighted by Gasteiger charge is -2.31. The number of methoxy groups -OCH3 is 1. The third-order valence-corrected chi connectivity index (χ3v) is 7.94. The van der Waals surface area contributed by atoms with Gasteiger partial charge in [-0.05, 0) is 60.9 Å². The van der Waals surface area contributed by atoms with Crippen molar-refractivity contribution in [1.82, 2.24) is 14.6 Å². The molecule has 0 unspecified atom stereocenters. The first-order chi connectivity index (χ1) is 17.4. The van der Waals surface area contributed by atoms with Crippen molar-refractivity contribution in [3.63, 3.8) is 0 Å². The van der Waals surface area contributed by atoms with E-state index < -0.39 is 15.9 Å². The van der Waals surface area contributed by atoms with Crippen LogP contribution in [-0.2, 0) is 21.4 Å². The van der Waals surface area contributed by atoms with Crippen LogP contribution in [0.1, 0.15) is 28.8 Å². The first-order valence-corrected chi connectivity index (χ1v) is 13.0. The van der Waals surface area contributed by atoms with Gasteiger partial charge in [0.05, 0.1) is 29.2 Å². The normalized spacial score (nSPS) is 16.2. The van der Waals surface area contributed by atoms with Gasteiger partial charge in [-0.3, -0.25) is 14.6 Å². The number of pyridine rings is 1. The Morgan fingerprint density at radius 1 is 1.08 bits per heavy atom. The van der Waals surface area contributed by atoms with E-state index in [4.69, 9.17) is 4.74 Å². The summed E-state index contributed by atoms with van der Waals surface area (Å²) in [5.74, 6) is -0.634. The number of benzene rings is 2. The van der Waals surface area contributed by atoms with E-state index in [1.807, 2.05) is 6.07 Å². The average molecular weight is 509 g/mol. The lowest BCUT2D eigenvalue weighted by atomic mass is 9.98. The maximum absolute atomic E-state index is 13.1. The van der Waals surface area contributed by atoms with Crippen molar-refractivity contribution in [3.05, 3.63) is 84.2 Å². The average Bonchev–Trinajstić information content (AvgIpc) is 2.92. The Morgan fingerprint density at radius 2 is 1.86 bits per heavy atom. The smallest absolute Gasteiger partial charge is 0.253 e. The SMILES string of the molecule is COc1ccc(S(=O)(=O)N2CCC[C@@H](C(=O)Nc3ccccc3C(=O)NCc3cccnc3)C2)cc1. The number of para-hydroxylation sites is 1. The van der Waals surface area contributed by atoms with Gasteiger partial charge in [-0.25, -0.2) is 8.42 Å². The molecule has 1 saturated heterocycles. The zero-order valence-corrected chi connectivity index (χ0v) is 20.7. The van der Waals surface area contributed by atoms with Gasteiger partial charge in [-0.2, -0.15) is 4.31 Å². The molecule has 1 aliphatic rings. The van der Waals surface area contributed by atoms with E-state index in [0.29, 0.717) is 42.9 Å². The predicted octanol–water partition coefficient (Wildman–Crippen LogP) is 3.06. The standard InChI is InChI=1S/C26H28N4O5S/c1-35-21-10-12-22(13-11-21)36(33,34)30-15-5-7-20(18-30)25(31)29-24-9-3-2-8-23(24)26(32)28-17-19-6-4-14-27-16-19/h2-4,6,8-14,16,20H,5,7,15,17-18H2,1H3,(H,28,32)(H,29,31)/t20-/m1/s1. The van der Waals surface area contributed by atoms with Gasteiger partial charge in [0.1, 0.15) is 5.75 Å². The molecule has 36 heavy (non-hydrogen) atoms. The lowest BCUT2D eigenvalue weighted by Crippen LogP contribution is -2.43. The molecule has 10 heteroatoms. The molecule has 2 N–H and O–H groups in total. The number of carbonyl (C=O) groups excluding carboxylic acids is 2. The van der Waals surface area contributed by atoms with Crippen molar-refractivity contribution >= 4 is 27.5 Å². The lowest BCUT2D eigenvalue weighted by molar-refractivity contribution is -0.120. The Hall–Kier alpha value is -3.76. The summed E-state index contributed by atoms with van der Waals surface area (Å²) in [5.41, 5.74) is 1.56. The van der Waals surface area contributed by atoms with E-state index in [1.165, 1.54) is 23.5 Å². The number of amides is 2. The number of sulfonamides is 1. The number of piperidine rings is 1. The molecule has 0 aliphatic carbocycles. The van der Waals surface area contributed by atoms with Gasteiger partial charge in [0.15, 0.2) is 0 Å². The second-order valence-corrected chi connectivity index (χ2v) is 10.4. The van der Waals surface area contributed by atoms with Crippen LogP contribution in [0.3, 0.4) is 0 Å². The summed E-state index contributed by atoms with van der Waals surface area (Å²) in [6, 6.07) is 16.6. The minimum Gasteiger partial charge on any atom is -0.497 e. The molecule has 188 valence electrons. The van der Waals surface area contributed by atoms with Crippen LogP contribution in [0.2, 0.25) is 0 Å². The maximum Gasteiger partial charge on any atom is 0.253 e. The highest BCUT2D eigenvalue weighted by molar-refractivity contribution is 7.89. The van der Waals surface area contributed by atoms with Crippen LogP contribution in [0.4, 0.5) is 5.69 Å². The van der Waals surface area contributed by atoms with Gasteiger partial charge in [-0.1, -0.05) is 18.2 Å². The number of nitrogens with zero attached hydrogens (tertiary/aromatic N) is 2. The molecule has 0 bridgehead atoms. The number of hydrogen-bond acceptors (Lipinski definition) is 6. The molecule has 0 saturated carbocycles. The van der Waals surface area contributed by atoms with Gasteiger partial charge >= 0.3 is 0 Å². The molecule has 4 rings (SSSR count). The minimum absolute atomic E-state index is 0.0650. The number of anilines is 1. The van der Waals surface area contributed by atoms with Crippen LogP contribution in [0, 0.1) is 5.92 Å². The van der Waals surface area contributed by atoms with Gasteiger partial charge in [0, 0.05) is 32.0 Å². The second-order valence-electron chi connectivity index (χ2n) is 8.46. The molecule has 3 aromatic rings. The Labute approximate surface area is 210 Å². The molecule has 2 heterocycles. The maximum atomic E-state index is 13.1. The highest BCUT2D eigenvalue weighted by atomic mass is 32.2. The van der Waals surface area contributed by atoms with E-state index in [-0.39, 0.29) is 23.3 Å². The molecular weight excluding hydrogens is 480 g/mol. The van der Waals surface area contributed by atoms with Gasteiger partial charge in [-0.15, -0.1) is 0 Å². The topological polar surface area (TPSA) is 118 Å². The number of hydrogen-bond donors (Lipinski definition) is 2. The third kappa shape index (κ3) is 5.89. The van der Waals surface area contributed by atoms with Crippen molar-refractivity contribution in [1.29, 1.82) is 0 Å². The first kappa shape index (κ1) is 25.3. The molecule has 2 amide bonds. The summed E-state index contributed by atoms with van der Waals surface area (Å²) in [4.78, 5) is 30.1. The molecular formula is C26H28N4O5S. The Balaban J connectivity index is 1.43. The summed E-state index contributed by atoms with van der Waals surface area (Å²) in [5, 5.41) is 5.67. The van der Waals surface area contributed by atoms with E-state index in [1.54, 1.807) is 54.9 Å². The van der Waals surface area contributed by atoms with Crippen molar-refractivity contribution in [2.45, 2.75) is 24.3 Å². The Kier molecular flexibility index (Phi) is 7.97. The third-order valence-electron chi connectivity index (χ3n) is 6.06. The zero-order chi connectivity index (χ0) is 25.5. The molecule has 0 radical (unpaired) electrons. The van der Waals surface area contributed by atoms with Crippen molar-refractivity contribution in [2.24, 2.45) is 5.92 Å². The van der Waals surface area contributed by atoms with E-state index in [0.717, 1.165) is 5.56 Å². The van der Waals surface area contributed by atoms with Crippen molar-refractivity contribution in [3.8, 4) is 5.75 Å². The monoisotopic (exact) mass is 508 g/mol. The molecule has 1 atom stereocenters. The van der Waals surface area contributed by atoms with Crippen LogP contribution < -0.4 is 15.4 Å². The largest absolute Gasteiger partial charge is 0.497 e. The fraction of sp³-hybridized carbons (Fsp3) is 0.269. The van der Waals surface area contributed by atoms with Gasteiger partial charge < -0.3 is 15.4 Å². The minimum atomic E-state index is -3.75. The summed E-state index contributed by atoms with van der Waals surface area (Å²) in [6.07, 6.45) is 4.43. The highest BCUT2D eigenvalue weighted by Gasteiger charge is 2.33. The molecule has 9 nitrogen and oxygen atoms in total. The summed E-state index contributed by atoms with van der Waals surface area (Å²) in [7, 11) is -2.24. The van der Waals surface area contributed by atoms with Crippen LogP contribution in [0.15, 0.2) is 78.0 Å². The fourth-order valence-electron chi connectivity index (χ4n) is 4.08. The number of aromatic nitrogens is 1. The molecule has 1 fully saturated rings. The van der Waals surface area contributed by atoms with Crippen LogP contribution in [0.25, 0.3) is 0 Å². The number of rotatable bonds is 8. The predicted molar refractivity (Wildman–Crippen MR) is 135 cm³/mol. The summed E-state index contributed by atoms with van der Waals surface area (Å²) in [6.45, 7) is 0.705. The van der Waals surface area contributed by atoms with Crippen LogP contribution >= 0.6 is 0 Å². The summed E-state index contributed by atoms with van der Waals surface area (Å²) < 4.78 is 32.7. The Morgan fingerprint density at radius 3 is 2.58 bits per heavy atom. The number of ether oxygens (including phenoxy) is 1. The van der Waals surface area contributed by atoms with Crippen LogP contribution in [-0.4, -0.2) is 49.7 Å². The fourth-order valence-corrected chi connectivity index (χ4v) is 5.60. The van der Waals surface area contributed by atoms with Gasteiger partial charge in [0.25, 0.3) is 5.91 Å². The van der Waals surface area contributed by atoms with E-state index in [9.17, 15) is 18.0 Å². The molecule has 0 spiro atoms. The summed E-state index contributed by atoms with van der Waals surface area (Å²) >= 11 is 0. The Bertz CT molecular complexity index is 1310. The van der Waals surface area contributed by atoms with Gasteiger partial charge in [0.2, 0.25) is 15.9 Å². The van der Waals surface area contributed by atoms with E-state index >= 15 is 0 Å². The second kappa shape index (κ2) is 11.3. The van der Waals surface area contributed by atoms with E-state index in [2.05, 4.69) is 15.6 Å². The molecule has 2 aromatic carbocycles.